The molecule has 136 valence electrons. The maximum Gasteiger partial charge on any atom is 0.0741 e. The zero-order chi connectivity index (χ0) is 17.8. The van der Waals surface area contributed by atoms with Gasteiger partial charge in [-0.3, -0.25) is 10.2 Å². The van der Waals surface area contributed by atoms with Crippen molar-refractivity contribution in [3.63, 3.8) is 0 Å². The van der Waals surface area contributed by atoms with E-state index in [0.717, 1.165) is 32.5 Å². The molecule has 2 aromatic heterocycles. The largest absolute Gasteiger partial charge is 0.308 e. The number of hydrogen-bond donors (Lipinski definition) is 3. The van der Waals surface area contributed by atoms with Crippen LogP contribution >= 0.6 is 0 Å². The van der Waals surface area contributed by atoms with E-state index in [4.69, 9.17) is 5.10 Å². The minimum absolute atomic E-state index is 0.0386. The highest BCUT2D eigenvalue weighted by atomic mass is 15.2. The molecule has 2 aromatic rings. The summed E-state index contributed by atoms with van der Waals surface area (Å²) in [6.07, 6.45) is 2.04. The molecule has 3 N–H and O–H groups in total. The Kier molecular flexibility index (Phi) is 4.00. The van der Waals surface area contributed by atoms with Gasteiger partial charge in [0.2, 0.25) is 0 Å². The maximum atomic E-state index is 4.75. The molecule has 6 heteroatoms. The summed E-state index contributed by atoms with van der Waals surface area (Å²) in [4.78, 5) is 2.38. The molecular formula is C19H30N6. The molecular weight excluding hydrogens is 312 g/mol. The minimum atomic E-state index is -0.0386. The highest BCUT2D eigenvalue weighted by Crippen LogP contribution is 2.36. The second-order valence-corrected chi connectivity index (χ2v) is 8.60. The van der Waals surface area contributed by atoms with Crippen molar-refractivity contribution in [2.45, 2.75) is 71.0 Å². The van der Waals surface area contributed by atoms with Gasteiger partial charge in [0.05, 0.1) is 11.4 Å². The first-order valence-electron chi connectivity index (χ1n) is 9.42. The van der Waals surface area contributed by atoms with Crippen LogP contribution in [0.25, 0.3) is 0 Å². The molecule has 25 heavy (non-hydrogen) atoms. The van der Waals surface area contributed by atoms with Gasteiger partial charge in [-0.1, -0.05) is 27.7 Å². The molecule has 0 aromatic carbocycles. The van der Waals surface area contributed by atoms with E-state index >= 15 is 0 Å². The van der Waals surface area contributed by atoms with E-state index in [0.29, 0.717) is 12.0 Å². The first kappa shape index (κ1) is 16.8. The fourth-order valence-electron chi connectivity index (χ4n) is 4.40. The van der Waals surface area contributed by atoms with Gasteiger partial charge >= 0.3 is 0 Å². The maximum absolute atomic E-state index is 4.75. The zero-order valence-corrected chi connectivity index (χ0v) is 16.0. The van der Waals surface area contributed by atoms with Gasteiger partial charge in [-0.2, -0.15) is 10.2 Å². The molecule has 0 fully saturated rings. The second-order valence-electron chi connectivity index (χ2n) is 8.60. The Morgan fingerprint density at radius 2 is 1.88 bits per heavy atom. The molecule has 0 saturated carbocycles. The predicted molar refractivity (Wildman–Crippen MR) is 98.7 cm³/mol. The van der Waals surface area contributed by atoms with Crippen LogP contribution in [0.1, 0.15) is 67.5 Å². The van der Waals surface area contributed by atoms with E-state index in [-0.39, 0.29) is 5.41 Å². The number of rotatable bonds is 3. The number of hydrogen-bond acceptors (Lipinski definition) is 4. The van der Waals surface area contributed by atoms with Crippen molar-refractivity contribution < 1.29 is 0 Å². The smallest absolute Gasteiger partial charge is 0.0741 e. The highest BCUT2D eigenvalue weighted by molar-refractivity contribution is 5.37. The number of aromatic amines is 2. The van der Waals surface area contributed by atoms with Gasteiger partial charge in [0.15, 0.2) is 0 Å². The molecule has 1 atom stereocenters. The lowest BCUT2D eigenvalue weighted by atomic mass is 9.75. The van der Waals surface area contributed by atoms with Crippen LogP contribution in [0.15, 0.2) is 0 Å². The average Bonchev–Trinajstić information content (AvgIpc) is 3.17. The van der Waals surface area contributed by atoms with Crippen LogP contribution in [0.3, 0.4) is 0 Å². The fourth-order valence-corrected chi connectivity index (χ4v) is 4.40. The van der Waals surface area contributed by atoms with E-state index in [1.54, 1.807) is 0 Å². The van der Waals surface area contributed by atoms with Crippen molar-refractivity contribution in [2.24, 2.45) is 0 Å². The van der Waals surface area contributed by atoms with Crippen LogP contribution in [0, 0.1) is 0 Å². The summed E-state index contributed by atoms with van der Waals surface area (Å²) in [5.74, 6) is 0.459. The van der Waals surface area contributed by atoms with Crippen molar-refractivity contribution in [1.82, 2.24) is 30.6 Å². The minimum Gasteiger partial charge on any atom is -0.308 e. The topological polar surface area (TPSA) is 72.6 Å². The molecule has 4 rings (SSSR count). The summed E-state index contributed by atoms with van der Waals surface area (Å²) in [5.41, 5.74) is 7.77. The van der Waals surface area contributed by atoms with E-state index in [1.165, 1.54) is 33.9 Å². The van der Waals surface area contributed by atoms with Crippen molar-refractivity contribution in [3.8, 4) is 0 Å². The molecule has 6 nitrogen and oxygen atoms in total. The molecule has 0 bridgehead atoms. The average molecular weight is 342 g/mol. The Morgan fingerprint density at radius 3 is 2.64 bits per heavy atom. The number of fused-ring (bicyclic) bond motifs is 2. The normalized spacial score (nSPS) is 21.4. The Labute approximate surface area is 149 Å². The quantitative estimate of drug-likeness (QED) is 0.800. The van der Waals surface area contributed by atoms with E-state index in [2.05, 4.69) is 60.3 Å². The van der Waals surface area contributed by atoms with Gasteiger partial charge in [0, 0.05) is 66.4 Å². The SMILES string of the molecule is CC(C)c1n[nH]c2c1CNC(C(C)(C)c1n[nH]c3c1CN(C)CC3)C2. The van der Waals surface area contributed by atoms with Crippen LogP contribution in [-0.2, 0) is 31.3 Å². The Balaban J connectivity index is 1.62. The van der Waals surface area contributed by atoms with Gasteiger partial charge in [-0.05, 0) is 13.0 Å². The van der Waals surface area contributed by atoms with E-state index in [1.807, 2.05) is 0 Å². The first-order chi connectivity index (χ1) is 11.9. The molecule has 0 saturated heterocycles. The summed E-state index contributed by atoms with van der Waals surface area (Å²) in [7, 11) is 2.19. The van der Waals surface area contributed by atoms with Gasteiger partial charge in [-0.15, -0.1) is 0 Å². The van der Waals surface area contributed by atoms with Crippen LogP contribution in [0.2, 0.25) is 0 Å². The molecule has 0 aliphatic carbocycles. The fraction of sp³-hybridized carbons (Fsp3) is 0.684. The Morgan fingerprint density at radius 1 is 1.12 bits per heavy atom. The number of likely N-dealkylation sites (N-methyl/N-ethyl adjacent to an activating group) is 1. The third-order valence-electron chi connectivity index (χ3n) is 6.07. The number of nitrogens with one attached hydrogen (secondary N) is 3. The molecule has 4 heterocycles. The zero-order valence-electron chi connectivity index (χ0n) is 16.0. The van der Waals surface area contributed by atoms with Gasteiger partial charge in [0.1, 0.15) is 0 Å². The lowest BCUT2D eigenvalue weighted by Crippen LogP contribution is -2.49. The van der Waals surface area contributed by atoms with Crippen molar-refractivity contribution in [2.75, 3.05) is 13.6 Å². The third-order valence-corrected chi connectivity index (χ3v) is 6.07. The Hall–Kier alpha value is -1.66. The van der Waals surface area contributed by atoms with Crippen LogP contribution in [-0.4, -0.2) is 44.9 Å². The molecule has 1 unspecified atom stereocenters. The molecule has 2 aliphatic rings. The van der Waals surface area contributed by atoms with Crippen molar-refractivity contribution in [3.05, 3.63) is 33.9 Å². The Bertz CT molecular complexity index is 769. The number of nitrogens with zero attached hydrogens (tertiary/aromatic N) is 3. The first-order valence-corrected chi connectivity index (χ1v) is 9.42. The van der Waals surface area contributed by atoms with Crippen molar-refractivity contribution in [1.29, 1.82) is 0 Å². The summed E-state index contributed by atoms with van der Waals surface area (Å²) >= 11 is 0. The summed E-state index contributed by atoms with van der Waals surface area (Å²) in [5, 5.41) is 19.7. The monoisotopic (exact) mass is 342 g/mol. The lowest BCUT2D eigenvalue weighted by Gasteiger charge is -2.38. The molecule has 0 spiro atoms. The molecule has 0 amide bonds. The van der Waals surface area contributed by atoms with E-state index in [9.17, 15) is 0 Å². The predicted octanol–water partition coefficient (Wildman–Crippen LogP) is 2.24. The van der Waals surface area contributed by atoms with E-state index < -0.39 is 0 Å². The second kappa shape index (κ2) is 5.95. The highest BCUT2D eigenvalue weighted by Gasteiger charge is 2.39. The van der Waals surface area contributed by atoms with Gasteiger partial charge in [0.25, 0.3) is 0 Å². The van der Waals surface area contributed by atoms with Crippen LogP contribution in [0.5, 0.6) is 0 Å². The lowest BCUT2D eigenvalue weighted by molar-refractivity contribution is 0.291. The third kappa shape index (κ3) is 2.72. The van der Waals surface area contributed by atoms with Gasteiger partial charge < -0.3 is 10.2 Å². The number of aromatic nitrogens is 4. The van der Waals surface area contributed by atoms with Crippen LogP contribution < -0.4 is 5.32 Å². The van der Waals surface area contributed by atoms with Crippen molar-refractivity contribution >= 4 is 0 Å². The van der Waals surface area contributed by atoms with Crippen LogP contribution in [0.4, 0.5) is 0 Å². The summed E-state index contributed by atoms with van der Waals surface area (Å²) in [6.45, 7) is 12.0. The van der Waals surface area contributed by atoms with Gasteiger partial charge in [-0.25, -0.2) is 0 Å². The molecule has 0 radical (unpaired) electrons. The summed E-state index contributed by atoms with van der Waals surface area (Å²) < 4.78 is 0. The molecule has 2 aliphatic heterocycles. The summed E-state index contributed by atoms with van der Waals surface area (Å²) in [6, 6.07) is 0.347. The number of H-pyrrole nitrogens is 2. The standard InChI is InChI=1S/C19H30N6/c1-11(2)17-12-9-20-16(8-15(12)22-23-17)19(3,4)18-13-10-25(5)7-6-14(13)21-24-18/h11,16,20H,6-10H2,1-5H3,(H,21,24)(H,22,23).